The molecule has 0 saturated heterocycles. The molecule has 1 amide bonds. The van der Waals surface area contributed by atoms with Crippen LogP contribution in [0.25, 0.3) is 0 Å². The fourth-order valence-corrected chi connectivity index (χ4v) is 6.23. The van der Waals surface area contributed by atoms with Gasteiger partial charge in [0.1, 0.15) is 11.5 Å². The highest BCUT2D eigenvalue weighted by Crippen LogP contribution is 2.38. The molecule has 0 spiro atoms. The third-order valence-electron chi connectivity index (χ3n) is 6.95. The van der Waals surface area contributed by atoms with E-state index in [0.29, 0.717) is 11.4 Å². The molecule has 1 heterocycles. The number of hydrogen-bond donors (Lipinski definition) is 1. The minimum atomic E-state index is -3.93. The number of sulfonamides is 1. The molecular weight excluding hydrogens is 500 g/mol. The molecule has 1 aliphatic heterocycles. The second-order valence-corrected chi connectivity index (χ2v) is 12.1. The number of anilines is 1. The van der Waals surface area contributed by atoms with E-state index >= 15 is 0 Å². The average molecular weight is 537 g/mol. The molecule has 8 heteroatoms. The van der Waals surface area contributed by atoms with Crippen molar-refractivity contribution in [1.82, 2.24) is 5.32 Å². The van der Waals surface area contributed by atoms with Gasteiger partial charge in [-0.15, -0.1) is 0 Å². The van der Waals surface area contributed by atoms with Crippen molar-refractivity contribution in [3.8, 4) is 11.5 Å². The van der Waals surface area contributed by atoms with Crippen LogP contribution in [-0.2, 0) is 14.8 Å². The predicted octanol–water partition coefficient (Wildman–Crippen LogP) is 5.58. The van der Waals surface area contributed by atoms with Gasteiger partial charge in [-0.05, 0) is 92.3 Å². The quantitative estimate of drug-likeness (QED) is 0.426. The normalized spacial score (nSPS) is 16.0. The van der Waals surface area contributed by atoms with E-state index in [1.54, 1.807) is 43.5 Å². The van der Waals surface area contributed by atoms with Crippen molar-refractivity contribution < 1.29 is 22.7 Å². The molecule has 7 nitrogen and oxygen atoms in total. The van der Waals surface area contributed by atoms with Gasteiger partial charge in [-0.2, -0.15) is 0 Å². The molecule has 0 fully saturated rings. The van der Waals surface area contributed by atoms with Crippen LogP contribution in [0.15, 0.2) is 59.5 Å². The van der Waals surface area contributed by atoms with Crippen molar-refractivity contribution in [2.75, 3.05) is 18.0 Å². The van der Waals surface area contributed by atoms with E-state index in [4.69, 9.17) is 9.47 Å². The van der Waals surface area contributed by atoms with Crippen molar-refractivity contribution in [3.63, 3.8) is 0 Å². The Labute approximate surface area is 225 Å². The van der Waals surface area contributed by atoms with E-state index in [-0.39, 0.29) is 29.3 Å². The lowest BCUT2D eigenvalue weighted by Gasteiger charge is -2.35. The Hall–Kier alpha value is -3.52. The maximum atomic E-state index is 13.7. The molecular formula is C30H36N2O5S. The Morgan fingerprint density at radius 1 is 0.974 bits per heavy atom. The Morgan fingerprint density at radius 2 is 1.63 bits per heavy atom. The van der Waals surface area contributed by atoms with E-state index in [1.165, 1.54) is 4.31 Å². The number of fused-ring (bicyclic) bond motifs is 1. The van der Waals surface area contributed by atoms with Crippen LogP contribution in [0.2, 0.25) is 0 Å². The van der Waals surface area contributed by atoms with Gasteiger partial charge in [0.05, 0.1) is 30.3 Å². The van der Waals surface area contributed by atoms with Gasteiger partial charge in [-0.3, -0.25) is 9.10 Å². The van der Waals surface area contributed by atoms with E-state index < -0.39 is 16.1 Å². The number of nitrogens with zero attached hydrogens (tertiary/aromatic N) is 1. The highest BCUT2D eigenvalue weighted by molar-refractivity contribution is 7.92. The first-order valence-electron chi connectivity index (χ1n) is 12.8. The van der Waals surface area contributed by atoms with E-state index in [0.717, 1.165) is 33.6 Å². The van der Waals surface area contributed by atoms with Crippen molar-refractivity contribution in [1.29, 1.82) is 0 Å². The number of nitrogens with one attached hydrogen (secondary N) is 1. The number of methoxy groups -OCH3 is 1. The smallest absolute Gasteiger partial charge is 0.264 e. The number of aryl methyl sites for hydroxylation is 3. The van der Waals surface area contributed by atoms with Crippen LogP contribution < -0.4 is 19.1 Å². The number of carbonyl (C=O) groups is 1. The molecule has 3 aromatic rings. The molecule has 1 aliphatic rings. The van der Waals surface area contributed by atoms with Gasteiger partial charge in [-0.1, -0.05) is 37.6 Å². The van der Waals surface area contributed by atoms with Crippen LogP contribution in [0.3, 0.4) is 0 Å². The summed E-state index contributed by atoms with van der Waals surface area (Å²) in [6, 6.07) is 15.8. The first kappa shape index (κ1) is 27.5. The average Bonchev–Trinajstić information content (AvgIpc) is 2.87. The van der Waals surface area contributed by atoms with Crippen LogP contribution in [0.4, 0.5) is 5.69 Å². The second kappa shape index (κ2) is 10.7. The minimum absolute atomic E-state index is 0.135. The number of rotatable bonds is 7. The summed E-state index contributed by atoms with van der Waals surface area (Å²) in [5, 5.41) is 3.05. The first-order chi connectivity index (χ1) is 17.9. The Bertz CT molecular complexity index is 1450. The Balaban J connectivity index is 1.64. The summed E-state index contributed by atoms with van der Waals surface area (Å²) < 4.78 is 40.3. The predicted molar refractivity (Wildman–Crippen MR) is 150 cm³/mol. The first-order valence-corrected chi connectivity index (χ1v) is 14.2. The van der Waals surface area contributed by atoms with Crippen LogP contribution in [0.1, 0.15) is 60.5 Å². The van der Waals surface area contributed by atoms with Crippen molar-refractivity contribution in [2.45, 2.75) is 64.5 Å². The van der Waals surface area contributed by atoms with Crippen LogP contribution in [0.5, 0.6) is 11.5 Å². The van der Waals surface area contributed by atoms with Gasteiger partial charge in [0, 0.05) is 0 Å². The largest absolute Gasteiger partial charge is 0.496 e. The number of amides is 1. The van der Waals surface area contributed by atoms with Gasteiger partial charge >= 0.3 is 0 Å². The van der Waals surface area contributed by atoms with Gasteiger partial charge in [0.15, 0.2) is 6.10 Å². The van der Waals surface area contributed by atoms with Gasteiger partial charge in [-0.25, -0.2) is 8.42 Å². The SMILES string of the molecule is COc1cc(C)c([C@H](C)NC(=O)[C@@H]2CN(S(=O)(=O)c3ccc(C)cc3)c3cc(C)ccc3O2)cc1C(C)C. The number of ether oxygens (including phenoxy) is 2. The van der Waals surface area contributed by atoms with E-state index in [1.807, 2.05) is 39.8 Å². The summed E-state index contributed by atoms with van der Waals surface area (Å²) in [7, 11) is -2.27. The zero-order chi connectivity index (χ0) is 27.8. The molecule has 0 aromatic heterocycles. The van der Waals surface area contributed by atoms with Crippen molar-refractivity contribution in [2.24, 2.45) is 0 Å². The number of benzene rings is 3. The molecule has 202 valence electrons. The van der Waals surface area contributed by atoms with E-state index in [9.17, 15) is 13.2 Å². The molecule has 0 saturated carbocycles. The highest BCUT2D eigenvalue weighted by Gasteiger charge is 2.38. The zero-order valence-corrected chi connectivity index (χ0v) is 23.8. The number of carbonyl (C=O) groups excluding carboxylic acids is 1. The Kier molecular flexibility index (Phi) is 7.74. The third-order valence-corrected chi connectivity index (χ3v) is 8.75. The fraction of sp³-hybridized carbons (Fsp3) is 0.367. The second-order valence-electron chi connectivity index (χ2n) is 10.3. The molecule has 2 atom stereocenters. The highest BCUT2D eigenvalue weighted by atomic mass is 32.2. The van der Waals surface area contributed by atoms with E-state index in [2.05, 4.69) is 25.2 Å². The summed E-state index contributed by atoms with van der Waals surface area (Å²) >= 11 is 0. The summed E-state index contributed by atoms with van der Waals surface area (Å²) in [6.45, 7) is 11.7. The zero-order valence-electron chi connectivity index (χ0n) is 23.0. The lowest BCUT2D eigenvalue weighted by molar-refractivity contribution is -0.128. The van der Waals surface area contributed by atoms with Crippen LogP contribution >= 0.6 is 0 Å². The molecule has 0 radical (unpaired) electrons. The third kappa shape index (κ3) is 5.36. The topological polar surface area (TPSA) is 84.9 Å². The summed E-state index contributed by atoms with van der Waals surface area (Å²) in [4.78, 5) is 13.6. The standard InChI is InChI=1S/C30H36N2O5S/c1-18(2)24-16-25(21(5)15-28(24)36-7)22(6)31-30(33)29-17-32(26-14-20(4)10-13-27(26)37-29)38(34,35)23-11-8-19(3)9-12-23/h8-16,18,22,29H,17H2,1-7H3,(H,31,33)/t22-,29-/m0/s1. The number of hydrogen-bond acceptors (Lipinski definition) is 5. The Morgan fingerprint density at radius 3 is 2.26 bits per heavy atom. The van der Waals surface area contributed by atoms with Crippen LogP contribution in [-0.4, -0.2) is 34.1 Å². The van der Waals surface area contributed by atoms with Crippen molar-refractivity contribution >= 4 is 21.6 Å². The van der Waals surface area contributed by atoms with Gasteiger partial charge in [0.2, 0.25) is 0 Å². The maximum absolute atomic E-state index is 13.7. The molecule has 1 N–H and O–H groups in total. The monoisotopic (exact) mass is 536 g/mol. The van der Waals surface area contributed by atoms with Gasteiger partial charge < -0.3 is 14.8 Å². The molecule has 0 aliphatic carbocycles. The molecule has 0 unspecified atom stereocenters. The summed E-state index contributed by atoms with van der Waals surface area (Å²) in [5.74, 6) is 1.04. The molecule has 4 rings (SSSR count). The lowest BCUT2D eigenvalue weighted by atomic mass is 9.93. The van der Waals surface area contributed by atoms with Crippen molar-refractivity contribution in [3.05, 3.63) is 82.4 Å². The molecule has 0 bridgehead atoms. The van der Waals surface area contributed by atoms with Gasteiger partial charge in [0.25, 0.3) is 15.9 Å². The van der Waals surface area contributed by atoms with Crippen LogP contribution in [0, 0.1) is 20.8 Å². The molecule has 3 aromatic carbocycles. The minimum Gasteiger partial charge on any atom is -0.496 e. The summed E-state index contributed by atoms with van der Waals surface area (Å²) in [5.41, 5.74) is 5.30. The molecule has 38 heavy (non-hydrogen) atoms. The summed E-state index contributed by atoms with van der Waals surface area (Å²) in [6.07, 6.45) is -1.02. The maximum Gasteiger partial charge on any atom is 0.264 e. The fourth-order valence-electron chi connectivity index (χ4n) is 4.76. The lowest BCUT2D eigenvalue weighted by Crippen LogP contribution is -2.51.